The zero-order chi connectivity index (χ0) is 20.0. The molecule has 1 fully saturated rings. The standard InChI is InChI=1S/C23H23N3O3/c1-14-17(15-4-2-3-5-19(15)25-14)12-21-22(28)16-6-7-20(27)18(23(16)29-21)13-26-10-8-24-9-11-26/h2-7,12,24-25,27H,8-11,13H2,1H3/b21-12-. The molecule has 2 aliphatic heterocycles. The average molecular weight is 389 g/mol. The van der Waals surface area contributed by atoms with E-state index in [1.54, 1.807) is 12.1 Å². The van der Waals surface area contributed by atoms with Crippen LogP contribution in [0.5, 0.6) is 11.5 Å². The van der Waals surface area contributed by atoms with Gasteiger partial charge in [-0.15, -0.1) is 0 Å². The van der Waals surface area contributed by atoms with Crippen LogP contribution < -0.4 is 10.1 Å². The average Bonchev–Trinajstić information content (AvgIpc) is 3.22. The normalized spacial score (nSPS) is 18.4. The van der Waals surface area contributed by atoms with Crippen molar-refractivity contribution in [2.75, 3.05) is 26.2 Å². The Kier molecular flexibility index (Phi) is 4.38. The van der Waals surface area contributed by atoms with E-state index in [2.05, 4.69) is 15.2 Å². The number of phenols is 1. The Labute approximate surface area is 168 Å². The molecule has 3 aromatic rings. The van der Waals surface area contributed by atoms with Crippen LogP contribution in [0.4, 0.5) is 0 Å². The van der Waals surface area contributed by atoms with E-state index in [9.17, 15) is 9.90 Å². The van der Waals surface area contributed by atoms with Gasteiger partial charge in [-0.3, -0.25) is 9.69 Å². The summed E-state index contributed by atoms with van der Waals surface area (Å²) in [7, 11) is 0. The highest BCUT2D eigenvalue weighted by Crippen LogP contribution is 2.40. The zero-order valence-corrected chi connectivity index (χ0v) is 16.3. The minimum absolute atomic E-state index is 0.147. The number of aromatic amines is 1. The van der Waals surface area contributed by atoms with Crippen molar-refractivity contribution < 1.29 is 14.6 Å². The van der Waals surface area contributed by atoms with E-state index in [1.807, 2.05) is 37.3 Å². The Bertz CT molecular complexity index is 1140. The molecule has 1 aromatic heterocycles. The van der Waals surface area contributed by atoms with Crippen LogP contribution in [0, 0.1) is 6.92 Å². The van der Waals surface area contributed by atoms with Gasteiger partial charge in [0.25, 0.3) is 0 Å². The second-order valence-electron chi connectivity index (χ2n) is 7.62. The molecule has 3 N–H and O–H groups in total. The Morgan fingerprint density at radius 2 is 1.97 bits per heavy atom. The third kappa shape index (κ3) is 3.10. The zero-order valence-electron chi connectivity index (χ0n) is 16.3. The van der Waals surface area contributed by atoms with Crippen molar-refractivity contribution in [3.63, 3.8) is 0 Å². The molecule has 0 spiro atoms. The summed E-state index contributed by atoms with van der Waals surface area (Å²) in [5.41, 5.74) is 4.14. The number of ether oxygens (including phenoxy) is 1. The van der Waals surface area contributed by atoms with Crippen LogP contribution in [0.2, 0.25) is 0 Å². The predicted molar refractivity (Wildman–Crippen MR) is 112 cm³/mol. The Hall–Kier alpha value is -3.09. The quantitative estimate of drug-likeness (QED) is 0.600. The first-order chi connectivity index (χ1) is 14.1. The van der Waals surface area contributed by atoms with Crippen molar-refractivity contribution >= 4 is 22.8 Å². The van der Waals surface area contributed by atoms with Crippen molar-refractivity contribution in [1.29, 1.82) is 0 Å². The fourth-order valence-electron chi connectivity index (χ4n) is 4.16. The van der Waals surface area contributed by atoms with Crippen LogP contribution in [0.25, 0.3) is 17.0 Å². The highest BCUT2D eigenvalue weighted by molar-refractivity contribution is 6.15. The number of rotatable bonds is 3. The molecule has 6 nitrogen and oxygen atoms in total. The molecule has 29 heavy (non-hydrogen) atoms. The molecule has 0 saturated carbocycles. The lowest BCUT2D eigenvalue weighted by Crippen LogP contribution is -2.42. The maximum Gasteiger partial charge on any atom is 0.231 e. The van der Waals surface area contributed by atoms with Crippen LogP contribution in [0.1, 0.15) is 27.2 Å². The number of nitrogens with zero attached hydrogens (tertiary/aromatic N) is 1. The Balaban J connectivity index is 1.52. The second-order valence-corrected chi connectivity index (χ2v) is 7.62. The molecular formula is C23H23N3O3. The number of Topliss-reactive ketones (excluding diaryl/α,β-unsaturated/α-hetero) is 1. The smallest absolute Gasteiger partial charge is 0.231 e. The first-order valence-electron chi connectivity index (χ1n) is 9.91. The van der Waals surface area contributed by atoms with Crippen molar-refractivity contribution in [2.45, 2.75) is 13.5 Å². The number of ketones is 1. The second kappa shape index (κ2) is 7.06. The molecule has 0 aliphatic carbocycles. The number of aryl methyl sites for hydroxylation is 1. The lowest BCUT2D eigenvalue weighted by molar-refractivity contribution is 0.101. The monoisotopic (exact) mass is 389 g/mol. The molecule has 2 aliphatic rings. The Morgan fingerprint density at radius 1 is 1.17 bits per heavy atom. The van der Waals surface area contributed by atoms with Crippen molar-refractivity contribution in [3.05, 3.63) is 64.5 Å². The molecule has 6 heteroatoms. The summed E-state index contributed by atoms with van der Waals surface area (Å²) < 4.78 is 6.05. The van der Waals surface area contributed by atoms with Crippen LogP contribution in [0.15, 0.2) is 42.2 Å². The number of para-hydroxylation sites is 1. The summed E-state index contributed by atoms with van der Waals surface area (Å²) in [5.74, 6) is 0.795. The number of aromatic hydroxyl groups is 1. The van der Waals surface area contributed by atoms with Gasteiger partial charge in [0.2, 0.25) is 5.78 Å². The first-order valence-corrected chi connectivity index (χ1v) is 9.91. The summed E-state index contributed by atoms with van der Waals surface area (Å²) in [5, 5.41) is 14.8. The van der Waals surface area contributed by atoms with Gasteiger partial charge in [0.05, 0.1) is 11.1 Å². The number of nitrogens with one attached hydrogen (secondary N) is 2. The van der Waals surface area contributed by atoms with Gasteiger partial charge in [-0.05, 0) is 31.2 Å². The predicted octanol–water partition coefficient (Wildman–Crippen LogP) is 3.20. The van der Waals surface area contributed by atoms with E-state index in [1.165, 1.54) is 0 Å². The van der Waals surface area contributed by atoms with Gasteiger partial charge in [-0.25, -0.2) is 0 Å². The number of hydrogen-bond acceptors (Lipinski definition) is 5. The van der Waals surface area contributed by atoms with E-state index >= 15 is 0 Å². The molecular weight excluding hydrogens is 366 g/mol. The minimum Gasteiger partial charge on any atom is -0.507 e. The third-order valence-electron chi connectivity index (χ3n) is 5.73. The number of aromatic nitrogens is 1. The number of piperazine rings is 1. The summed E-state index contributed by atoms with van der Waals surface area (Å²) in [6, 6.07) is 11.2. The van der Waals surface area contributed by atoms with Gasteiger partial charge in [0.15, 0.2) is 5.76 Å². The van der Waals surface area contributed by atoms with E-state index in [0.717, 1.165) is 48.3 Å². The van der Waals surface area contributed by atoms with Crippen molar-refractivity contribution in [3.8, 4) is 11.5 Å². The highest BCUT2D eigenvalue weighted by Gasteiger charge is 2.32. The summed E-state index contributed by atoms with van der Waals surface area (Å²) in [4.78, 5) is 18.6. The lowest BCUT2D eigenvalue weighted by Gasteiger charge is -2.27. The molecule has 0 bridgehead atoms. The maximum atomic E-state index is 13.0. The number of carbonyl (C=O) groups excluding carboxylic acids is 1. The van der Waals surface area contributed by atoms with Gasteiger partial charge >= 0.3 is 0 Å². The molecule has 0 unspecified atom stereocenters. The van der Waals surface area contributed by atoms with Gasteiger partial charge < -0.3 is 20.1 Å². The molecule has 0 atom stereocenters. The van der Waals surface area contributed by atoms with Gasteiger partial charge in [-0.2, -0.15) is 0 Å². The highest BCUT2D eigenvalue weighted by atomic mass is 16.5. The summed E-state index contributed by atoms with van der Waals surface area (Å²) in [6.07, 6.45) is 1.81. The van der Waals surface area contributed by atoms with Crippen LogP contribution in [-0.4, -0.2) is 47.0 Å². The van der Waals surface area contributed by atoms with E-state index in [4.69, 9.17) is 4.74 Å². The minimum atomic E-state index is -0.147. The third-order valence-corrected chi connectivity index (χ3v) is 5.73. The number of allylic oxidation sites excluding steroid dienone is 1. The number of hydrogen-bond donors (Lipinski definition) is 3. The number of carbonyl (C=O) groups is 1. The van der Waals surface area contributed by atoms with Crippen LogP contribution in [0.3, 0.4) is 0 Å². The largest absolute Gasteiger partial charge is 0.507 e. The number of benzene rings is 2. The topological polar surface area (TPSA) is 77.6 Å². The molecule has 148 valence electrons. The lowest BCUT2D eigenvalue weighted by atomic mass is 10.0. The summed E-state index contributed by atoms with van der Waals surface area (Å²) >= 11 is 0. The van der Waals surface area contributed by atoms with Crippen molar-refractivity contribution in [2.24, 2.45) is 0 Å². The molecule has 2 aromatic carbocycles. The maximum absolute atomic E-state index is 13.0. The Morgan fingerprint density at radius 3 is 2.79 bits per heavy atom. The van der Waals surface area contributed by atoms with Gasteiger partial charge in [0, 0.05) is 54.9 Å². The summed E-state index contributed by atoms with van der Waals surface area (Å²) in [6.45, 7) is 6.17. The number of H-pyrrole nitrogens is 1. The van der Waals surface area contributed by atoms with E-state index in [0.29, 0.717) is 29.2 Å². The number of phenolic OH excluding ortho intramolecular Hbond substituents is 1. The van der Waals surface area contributed by atoms with Crippen LogP contribution >= 0.6 is 0 Å². The van der Waals surface area contributed by atoms with Gasteiger partial charge in [-0.1, -0.05) is 18.2 Å². The molecule has 3 heterocycles. The molecule has 0 radical (unpaired) electrons. The fraction of sp³-hybridized carbons (Fsp3) is 0.261. The molecule has 0 amide bonds. The number of fused-ring (bicyclic) bond motifs is 2. The van der Waals surface area contributed by atoms with Gasteiger partial charge in [0.1, 0.15) is 11.5 Å². The van der Waals surface area contributed by atoms with E-state index < -0.39 is 0 Å². The SMILES string of the molecule is Cc1[nH]c2ccccc2c1/C=C1\Oc2c(ccc(O)c2CN2CCNCC2)C1=O. The van der Waals surface area contributed by atoms with Crippen molar-refractivity contribution in [1.82, 2.24) is 15.2 Å². The molecule has 1 saturated heterocycles. The van der Waals surface area contributed by atoms with Crippen LogP contribution in [-0.2, 0) is 6.54 Å². The molecule has 5 rings (SSSR count). The fourth-order valence-corrected chi connectivity index (χ4v) is 4.16. The van der Waals surface area contributed by atoms with E-state index in [-0.39, 0.29) is 11.5 Å². The first kappa shape index (κ1) is 18.0.